The summed E-state index contributed by atoms with van der Waals surface area (Å²) < 4.78 is 24.5. The molecule has 1 aromatic heterocycles. The van der Waals surface area contributed by atoms with Crippen LogP contribution in [-0.2, 0) is 10.0 Å². The Morgan fingerprint density at radius 3 is 2.55 bits per heavy atom. The van der Waals surface area contributed by atoms with Crippen LogP contribution in [0, 0.1) is 6.92 Å². The molecule has 0 atom stereocenters. The number of hydrogen-bond donors (Lipinski definition) is 3. The third kappa shape index (κ3) is 4.46. The highest BCUT2D eigenvalue weighted by atomic mass is 32.2. The minimum atomic E-state index is -3.18. The Labute approximate surface area is 118 Å². The van der Waals surface area contributed by atoms with E-state index < -0.39 is 10.0 Å². The molecule has 110 valence electrons. The largest absolute Gasteiger partial charge is 0.335 e. The first-order valence-electron chi connectivity index (χ1n) is 6.29. The molecule has 1 heterocycles. The van der Waals surface area contributed by atoms with Crippen molar-refractivity contribution in [2.24, 2.45) is 0 Å². The van der Waals surface area contributed by atoms with Crippen molar-refractivity contribution in [2.45, 2.75) is 31.8 Å². The standard InChI is InChI=1S/C12H18N4O3S/c1-8-3-4-9(7-13-8)14-12(17)15-10-5-11(6-10)16-20(2,18)19/h3-4,7,10-11,16H,5-6H2,1-2H3,(H2,14,15,17). The number of hydrogen-bond acceptors (Lipinski definition) is 4. The highest BCUT2D eigenvalue weighted by Gasteiger charge is 2.32. The molecule has 1 aromatic rings. The summed E-state index contributed by atoms with van der Waals surface area (Å²) in [5.41, 5.74) is 1.50. The predicted molar refractivity (Wildman–Crippen MR) is 75.9 cm³/mol. The highest BCUT2D eigenvalue weighted by molar-refractivity contribution is 7.88. The van der Waals surface area contributed by atoms with E-state index in [0.717, 1.165) is 11.9 Å². The van der Waals surface area contributed by atoms with Crippen LogP contribution in [0.15, 0.2) is 18.3 Å². The highest BCUT2D eigenvalue weighted by Crippen LogP contribution is 2.20. The van der Waals surface area contributed by atoms with Gasteiger partial charge in [-0.25, -0.2) is 17.9 Å². The molecule has 0 saturated heterocycles. The number of nitrogens with one attached hydrogen (secondary N) is 3. The van der Waals surface area contributed by atoms with E-state index in [0.29, 0.717) is 18.5 Å². The molecule has 1 fully saturated rings. The first kappa shape index (κ1) is 14.7. The van der Waals surface area contributed by atoms with Crippen LogP contribution in [0.25, 0.3) is 0 Å². The molecular formula is C12H18N4O3S. The average molecular weight is 298 g/mol. The van der Waals surface area contributed by atoms with Crippen molar-refractivity contribution in [1.29, 1.82) is 0 Å². The number of anilines is 1. The van der Waals surface area contributed by atoms with Crippen molar-refractivity contribution in [1.82, 2.24) is 15.0 Å². The quantitative estimate of drug-likeness (QED) is 0.757. The van der Waals surface area contributed by atoms with E-state index in [-0.39, 0.29) is 18.1 Å². The summed E-state index contributed by atoms with van der Waals surface area (Å²) >= 11 is 0. The van der Waals surface area contributed by atoms with E-state index in [1.54, 1.807) is 12.3 Å². The van der Waals surface area contributed by atoms with Crippen LogP contribution in [0.1, 0.15) is 18.5 Å². The second-order valence-electron chi connectivity index (χ2n) is 5.04. The van der Waals surface area contributed by atoms with Crippen LogP contribution < -0.4 is 15.4 Å². The number of urea groups is 1. The first-order chi connectivity index (χ1) is 9.32. The van der Waals surface area contributed by atoms with Crippen molar-refractivity contribution in [2.75, 3.05) is 11.6 Å². The molecule has 1 saturated carbocycles. The van der Waals surface area contributed by atoms with E-state index in [4.69, 9.17) is 0 Å². The number of sulfonamides is 1. The van der Waals surface area contributed by atoms with E-state index in [2.05, 4.69) is 20.3 Å². The molecule has 1 aliphatic rings. The van der Waals surface area contributed by atoms with Crippen LogP contribution in [-0.4, -0.2) is 37.8 Å². The molecule has 3 N–H and O–H groups in total. The summed E-state index contributed by atoms with van der Waals surface area (Å²) in [6.45, 7) is 1.87. The van der Waals surface area contributed by atoms with Gasteiger partial charge in [0.15, 0.2) is 0 Å². The molecule has 0 unspecified atom stereocenters. The fourth-order valence-corrected chi connectivity index (χ4v) is 2.83. The van der Waals surface area contributed by atoms with Crippen molar-refractivity contribution >= 4 is 21.7 Å². The zero-order chi connectivity index (χ0) is 14.8. The third-order valence-electron chi connectivity index (χ3n) is 3.02. The van der Waals surface area contributed by atoms with Crippen LogP contribution in [0.2, 0.25) is 0 Å². The zero-order valence-electron chi connectivity index (χ0n) is 11.4. The minimum Gasteiger partial charge on any atom is -0.335 e. The van der Waals surface area contributed by atoms with Crippen LogP contribution in [0.5, 0.6) is 0 Å². The summed E-state index contributed by atoms with van der Waals surface area (Å²) in [6, 6.07) is 3.18. The molecule has 7 nitrogen and oxygen atoms in total. The Balaban J connectivity index is 1.73. The van der Waals surface area contributed by atoms with E-state index in [1.807, 2.05) is 13.0 Å². The molecule has 2 rings (SSSR count). The van der Waals surface area contributed by atoms with Gasteiger partial charge in [0, 0.05) is 17.8 Å². The zero-order valence-corrected chi connectivity index (χ0v) is 12.2. The Kier molecular flexibility index (Phi) is 4.24. The maximum atomic E-state index is 11.7. The second kappa shape index (κ2) is 5.76. The molecule has 2 amide bonds. The lowest BCUT2D eigenvalue weighted by Gasteiger charge is -2.35. The molecule has 20 heavy (non-hydrogen) atoms. The van der Waals surface area contributed by atoms with Gasteiger partial charge in [0.2, 0.25) is 10.0 Å². The van der Waals surface area contributed by atoms with Gasteiger partial charge in [0.05, 0.1) is 18.1 Å². The number of carbonyl (C=O) groups is 1. The number of rotatable bonds is 4. The maximum Gasteiger partial charge on any atom is 0.319 e. The van der Waals surface area contributed by atoms with E-state index >= 15 is 0 Å². The average Bonchev–Trinajstić information content (AvgIpc) is 2.28. The van der Waals surface area contributed by atoms with E-state index in [1.165, 1.54) is 0 Å². The first-order valence-corrected chi connectivity index (χ1v) is 8.18. The smallest absolute Gasteiger partial charge is 0.319 e. The topological polar surface area (TPSA) is 100 Å². The Morgan fingerprint density at radius 2 is 2.00 bits per heavy atom. The maximum absolute atomic E-state index is 11.7. The van der Waals surface area contributed by atoms with Gasteiger partial charge in [-0.3, -0.25) is 4.98 Å². The Hall–Kier alpha value is -1.67. The van der Waals surface area contributed by atoms with Gasteiger partial charge >= 0.3 is 6.03 Å². The molecule has 0 spiro atoms. The lowest BCUT2D eigenvalue weighted by Crippen LogP contribution is -2.54. The van der Waals surface area contributed by atoms with Gasteiger partial charge in [0.25, 0.3) is 0 Å². The van der Waals surface area contributed by atoms with Crippen molar-refractivity contribution in [3.63, 3.8) is 0 Å². The molecule has 0 aromatic carbocycles. The fraction of sp³-hybridized carbons (Fsp3) is 0.500. The second-order valence-corrected chi connectivity index (χ2v) is 6.82. The normalized spacial score (nSPS) is 21.9. The van der Waals surface area contributed by atoms with Crippen LogP contribution >= 0.6 is 0 Å². The minimum absolute atomic E-state index is 0.00680. The number of amides is 2. The molecular weight excluding hydrogens is 280 g/mol. The van der Waals surface area contributed by atoms with Gasteiger partial charge in [-0.05, 0) is 31.9 Å². The van der Waals surface area contributed by atoms with Crippen molar-refractivity contribution in [3.05, 3.63) is 24.0 Å². The molecule has 8 heteroatoms. The number of aryl methyl sites for hydroxylation is 1. The summed E-state index contributed by atoms with van der Waals surface area (Å²) in [5, 5.41) is 5.46. The molecule has 0 bridgehead atoms. The Bertz CT molecular complexity index is 579. The monoisotopic (exact) mass is 298 g/mol. The van der Waals surface area contributed by atoms with Gasteiger partial charge in [-0.1, -0.05) is 0 Å². The number of aromatic nitrogens is 1. The molecule has 0 radical (unpaired) electrons. The Morgan fingerprint density at radius 1 is 1.30 bits per heavy atom. The number of nitrogens with zero attached hydrogens (tertiary/aromatic N) is 1. The van der Waals surface area contributed by atoms with Crippen molar-refractivity contribution in [3.8, 4) is 0 Å². The molecule has 1 aliphatic carbocycles. The summed E-state index contributed by atoms with van der Waals surface area (Å²) in [6.07, 6.45) is 3.92. The predicted octanol–water partition coefficient (Wildman–Crippen LogP) is 0.592. The van der Waals surface area contributed by atoms with E-state index in [9.17, 15) is 13.2 Å². The van der Waals surface area contributed by atoms with Crippen molar-refractivity contribution < 1.29 is 13.2 Å². The summed E-state index contributed by atoms with van der Waals surface area (Å²) in [4.78, 5) is 15.8. The lowest BCUT2D eigenvalue weighted by atomic mass is 9.88. The van der Waals surface area contributed by atoms with Gasteiger partial charge in [0.1, 0.15) is 0 Å². The third-order valence-corrected chi connectivity index (χ3v) is 3.78. The summed E-state index contributed by atoms with van der Waals surface area (Å²) in [5.74, 6) is 0. The fourth-order valence-electron chi connectivity index (χ4n) is 2.03. The van der Waals surface area contributed by atoms with Gasteiger partial charge < -0.3 is 10.6 Å². The SMILES string of the molecule is Cc1ccc(NC(=O)NC2CC(NS(C)(=O)=O)C2)cn1. The van der Waals surface area contributed by atoms with Crippen LogP contribution in [0.3, 0.4) is 0 Å². The number of pyridine rings is 1. The lowest BCUT2D eigenvalue weighted by molar-refractivity contribution is 0.231. The van der Waals surface area contributed by atoms with Crippen LogP contribution in [0.4, 0.5) is 10.5 Å². The number of carbonyl (C=O) groups excluding carboxylic acids is 1. The molecule has 0 aliphatic heterocycles. The van der Waals surface area contributed by atoms with Gasteiger partial charge in [-0.15, -0.1) is 0 Å². The van der Waals surface area contributed by atoms with Gasteiger partial charge in [-0.2, -0.15) is 0 Å². The summed E-state index contributed by atoms with van der Waals surface area (Å²) in [7, 11) is -3.18.